The van der Waals surface area contributed by atoms with Gasteiger partial charge in [0.15, 0.2) is 0 Å². The van der Waals surface area contributed by atoms with E-state index in [2.05, 4.69) is 27.3 Å². The van der Waals surface area contributed by atoms with Crippen LogP contribution >= 0.6 is 0 Å². The summed E-state index contributed by atoms with van der Waals surface area (Å²) in [6.07, 6.45) is 16.1. The Morgan fingerprint density at radius 1 is 0.662 bits per heavy atom. The number of hydrogen-bond acceptors (Lipinski definition) is 13. The summed E-state index contributed by atoms with van der Waals surface area (Å²) in [5.74, 6) is -2.46. The number of fused-ring (bicyclic) bond motifs is 4. The molecule has 10 atom stereocenters. The number of nitrogens with zero attached hydrogens (tertiary/aromatic N) is 2. The van der Waals surface area contributed by atoms with E-state index in [9.17, 15) is 38.4 Å². The second-order valence-corrected chi connectivity index (χ2v) is 21.9. The first-order valence-electron chi connectivity index (χ1n) is 25.6. The molecule has 4 aliphatic heterocycles. The molecule has 20 heteroatoms. The molecule has 6 rings (SSSR count). The van der Waals surface area contributed by atoms with Crippen LogP contribution in [0.4, 0.5) is 9.59 Å². The summed E-state index contributed by atoms with van der Waals surface area (Å²) in [7, 11) is 0. The van der Waals surface area contributed by atoms with Crippen LogP contribution < -0.4 is 27.0 Å². The minimum Gasteiger partial charge on any atom is -0.464 e. The number of carbonyl (C=O) groups is 8. The Kier molecular flexibility index (Phi) is 20.6. The average molecular weight is 995 g/mol. The molecule has 0 aromatic rings. The van der Waals surface area contributed by atoms with Gasteiger partial charge in [-0.2, -0.15) is 0 Å². The Hall–Kier alpha value is -5.14. The first kappa shape index (κ1) is 58.4. The van der Waals surface area contributed by atoms with E-state index in [0.717, 1.165) is 51.4 Å². The molecule has 6 N–H and O–H groups in total. The van der Waals surface area contributed by atoms with Crippen LogP contribution in [0.3, 0.4) is 0 Å². The van der Waals surface area contributed by atoms with Crippen molar-refractivity contribution in [2.75, 3.05) is 26.3 Å². The third kappa shape index (κ3) is 15.9. The lowest BCUT2D eigenvalue weighted by Crippen LogP contribution is -2.56. The molecule has 2 saturated heterocycles. The second-order valence-electron chi connectivity index (χ2n) is 21.9. The van der Waals surface area contributed by atoms with Crippen molar-refractivity contribution >= 4 is 56.2 Å². The van der Waals surface area contributed by atoms with Crippen molar-refractivity contribution in [2.24, 2.45) is 23.5 Å². The maximum absolute atomic E-state index is 13.6. The minimum atomic E-state index is -1.11. The summed E-state index contributed by atoms with van der Waals surface area (Å²) in [5.41, 5.74) is 2.58. The molecule has 3 radical (unpaired) electrons. The standard InChI is InChI=1S/C26H41N3O6.C25H40N4O6.B/c1-6-34-23(32)26-15-18(26)12-10-8-7-9-11-13-19(27-24(33)35-25(3,4)5)22(31)29-16-17(2)14-20(29)21(30)28-26;1-5-34-22(32)25-14-16(25)11-9-7-6-8-10-12-18(27-23(33)35-24(2,3)4)21(31)29-15-17(26)13-19(29)20(30)28-25;/h10,12,17-20H,6-9,11,13-16H2,1-5H3,(H,27,33)(H,28,30);9,11,16-19H,5-8,10,12-15,26H2,1-4H3,(H,27,33)(H,28,30);/b12-10-;11-9-;/t17-,18-,19+,20+,26-;16-,17-,18+,19+,25-;/m11./s1. The Morgan fingerprint density at radius 2 is 1.07 bits per heavy atom. The predicted molar refractivity (Wildman–Crippen MR) is 265 cm³/mol. The van der Waals surface area contributed by atoms with E-state index in [4.69, 9.17) is 24.7 Å². The quantitative estimate of drug-likeness (QED) is 0.107. The van der Waals surface area contributed by atoms with Crippen molar-refractivity contribution in [3.05, 3.63) is 24.3 Å². The second kappa shape index (κ2) is 25.0. The van der Waals surface area contributed by atoms with Crippen molar-refractivity contribution in [1.82, 2.24) is 31.1 Å². The number of esters is 2. The van der Waals surface area contributed by atoms with Crippen molar-refractivity contribution in [2.45, 2.75) is 205 Å². The van der Waals surface area contributed by atoms with Gasteiger partial charge >= 0.3 is 24.1 Å². The topological polar surface area (TPSA) is 254 Å². The molecular formula is C51H81BN7O12. The highest BCUT2D eigenvalue weighted by Crippen LogP contribution is 2.47. The maximum atomic E-state index is 13.6. The monoisotopic (exact) mass is 995 g/mol. The Labute approximate surface area is 422 Å². The van der Waals surface area contributed by atoms with Gasteiger partial charge in [0.25, 0.3) is 0 Å². The number of amides is 6. The molecular weight excluding hydrogens is 913 g/mol. The zero-order chi connectivity index (χ0) is 51.6. The van der Waals surface area contributed by atoms with Crippen LogP contribution in [0.15, 0.2) is 24.3 Å². The highest BCUT2D eigenvalue weighted by molar-refractivity contribution is 5.98. The van der Waals surface area contributed by atoms with Crippen molar-refractivity contribution in [1.29, 1.82) is 0 Å². The molecule has 2 aliphatic carbocycles. The largest absolute Gasteiger partial charge is 0.464 e. The average Bonchev–Trinajstić information content (AvgIpc) is 4.04. The van der Waals surface area contributed by atoms with Crippen LogP contribution in [0, 0.1) is 17.8 Å². The van der Waals surface area contributed by atoms with Gasteiger partial charge < -0.3 is 55.7 Å². The molecule has 0 aromatic heterocycles. The van der Waals surface area contributed by atoms with Gasteiger partial charge in [-0.15, -0.1) is 0 Å². The fourth-order valence-electron chi connectivity index (χ4n) is 9.83. The Bertz CT molecular complexity index is 1850. The smallest absolute Gasteiger partial charge is 0.408 e. The normalized spacial score (nSPS) is 32.3. The van der Waals surface area contributed by atoms with Gasteiger partial charge in [0.1, 0.15) is 46.4 Å². The number of rotatable bonds is 6. The number of hydrogen-bond donors (Lipinski definition) is 5. The zero-order valence-corrected chi connectivity index (χ0v) is 43.6. The first-order valence-corrected chi connectivity index (χ1v) is 25.6. The van der Waals surface area contributed by atoms with E-state index in [1.54, 1.807) is 60.3 Å². The molecule has 4 fully saturated rings. The van der Waals surface area contributed by atoms with Gasteiger partial charge in [0.2, 0.25) is 23.6 Å². The van der Waals surface area contributed by atoms with Crippen LogP contribution in [0.1, 0.15) is 152 Å². The summed E-state index contributed by atoms with van der Waals surface area (Å²) in [6.45, 7) is 17.1. The van der Waals surface area contributed by atoms with Gasteiger partial charge in [-0.05, 0) is 126 Å². The molecule has 0 aromatic carbocycles. The summed E-state index contributed by atoms with van der Waals surface area (Å²) in [4.78, 5) is 108. The molecule has 0 bridgehead atoms. The number of carbonyl (C=O) groups excluding carboxylic acids is 8. The number of allylic oxidation sites excluding steroid dienone is 2. The number of ether oxygens (including phenoxy) is 4. The van der Waals surface area contributed by atoms with Crippen LogP contribution in [0.25, 0.3) is 0 Å². The lowest BCUT2D eigenvalue weighted by atomic mass is 10.0. The number of nitrogens with two attached hydrogens (primary N) is 1. The minimum absolute atomic E-state index is 0. The van der Waals surface area contributed by atoms with Gasteiger partial charge in [-0.25, -0.2) is 19.2 Å². The van der Waals surface area contributed by atoms with E-state index in [1.807, 2.05) is 25.2 Å². The fraction of sp³-hybridized carbons (Fsp3) is 0.765. The summed E-state index contributed by atoms with van der Waals surface area (Å²) in [6, 6.07) is -3.54. The van der Waals surface area contributed by atoms with Gasteiger partial charge in [0, 0.05) is 39.4 Å². The maximum Gasteiger partial charge on any atom is 0.408 e. The SMILES string of the molecule is CCOC(=O)[C@@]12C[C@H]1/C=C\CCCCC[C@H](NC(=O)OC(C)(C)C)C(=O)N1C[C@H](C)C[C@H]1C(=O)N2.CCOC(=O)[C@@]12C[C@H]1/C=C\CCCCC[C@H](NC(=O)OC(C)(C)C)C(=O)N1C[C@H](N)C[C@H]1C(=O)N2.[B]. The zero-order valence-electron chi connectivity index (χ0n) is 43.6. The summed E-state index contributed by atoms with van der Waals surface area (Å²) in [5, 5.41) is 11.3. The van der Waals surface area contributed by atoms with E-state index in [1.165, 1.54) is 4.90 Å². The third-order valence-electron chi connectivity index (χ3n) is 13.5. The van der Waals surface area contributed by atoms with E-state index < -0.39 is 76.5 Å². The molecule has 2 saturated carbocycles. The first-order chi connectivity index (χ1) is 32.9. The summed E-state index contributed by atoms with van der Waals surface area (Å²) >= 11 is 0. The molecule has 4 heterocycles. The van der Waals surface area contributed by atoms with Crippen LogP contribution in [0.5, 0.6) is 0 Å². The fourth-order valence-corrected chi connectivity index (χ4v) is 9.83. The van der Waals surface area contributed by atoms with Crippen LogP contribution in [-0.2, 0) is 47.7 Å². The number of nitrogens with one attached hydrogen (secondary N) is 4. The predicted octanol–water partition coefficient (Wildman–Crippen LogP) is 4.46. The van der Waals surface area contributed by atoms with Gasteiger partial charge in [-0.3, -0.25) is 19.2 Å². The van der Waals surface area contributed by atoms with Crippen LogP contribution in [-0.4, -0.2) is 145 Å². The van der Waals surface area contributed by atoms with E-state index in [0.29, 0.717) is 38.6 Å². The Morgan fingerprint density at radius 3 is 1.48 bits per heavy atom. The van der Waals surface area contributed by atoms with Crippen molar-refractivity contribution in [3.63, 3.8) is 0 Å². The van der Waals surface area contributed by atoms with Crippen LogP contribution in [0.2, 0.25) is 0 Å². The third-order valence-corrected chi connectivity index (χ3v) is 13.5. The van der Waals surface area contributed by atoms with E-state index in [-0.39, 0.29) is 76.1 Å². The van der Waals surface area contributed by atoms with Crippen molar-refractivity contribution < 1.29 is 57.3 Å². The lowest BCUT2D eigenvalue weighted by molar-refractivity contribution is -0.150. The lowest BCUT2D eigenvalue weighted by Gasteiger charge is -2.30. The van der Waals surface area contributed by atoms with Gasteiger partial charge in [-0.1, -0.05) is 56.9 Å². The molecule has 71 heavy (non-hydrogen) atoms. The molecule has 6 amide bonds. The highest BCUT2D eigenvalue weighted by atomic mass is 16.6. The Balaban J connectivity index is 0.000000304. The molecule has 19 nitrogen and oxygen atoms in total. The summed E-state index contributed by atoms with van der Waals surface area (Å²) < 4.78 is 21.3. The number of alkyl carbamates (subject to hydrolysis) is 2. The molecule has 0 spiro atoms. The highest BCUT2D eigenvalue weighted by Gasteiger charge is 2.63. The van der Waals surface area contributed by atoms with E-state index >= 15 is 0 Å². The molecule has 6 aliphatic rings. The van der Waals surface area contributed by atoms with Gasteiger partial charge in [0.05, 0.1) is 13.2 Å². The molecule has 395 valence electrons. The van der Waals surface area contributed by atoms with Crippen molar-refractivity contribution in [3.8, 4) is 0 Å². The molecule has 0 unspecified atom stereocenters.